The van der Waals surface area contributed by atoms with Crippen molar-refractivity contribution in [3.8, 4) is 11.5 Å². The number of anilines is 3. The Balaban J connectivity index is 1.11. The molecule has 1 aromatic heterocycles. The molecule has 3 aromatic carbocycles. The lowest BCUT2D eigenvalue weighted by atomic mass is 10.1. The van der Waals surface area contributed by atoms with Crippen LogP contribution in [0.5, 0.6) is 11.5 Å². The molecule has 1 fully saturated rings. The minimum Gasteiger partial charge on any atom is -0.457 e. The molecule has 0 bridgehead atoms. The number of benzene rings is 3. The number of rotatable bonds is 8. The molecule has 1 saturated heterocycles. The number of para-hydroxylation sites is 2. The molecule has 35 heavy (non-hydrogen) atoms. The van der Waals surface area contributed by atoms with Crippen molar-refractivity contribution in [2.45, 2.75) is 20.3 Å². The maximum Gasteiger partial charge on any atom is 0.236 e. The quantitative estimate of drug-likeness (QED) is 0.334. The van der Waals surface area contributed by atoms with Gasteiger partial charge in [-0.05, 0) is 61.2 Å². The number of piperazine rings is 1. The van der Waals surface area contributed by atoms with E-state index >= 15 is 0 Å². The Morgan fingerprint density at radius 1 is 0.829 bits per heavy atom. The number of ether oxygens (including phenoxy) is 1. The molecule has 0 amide bonds. The highest BCUT2D eigenvalue weighted by Gasteiger charge is 2.22. The van der Waals surface area contributed by atoms with Crippen LogP contribution in [0.3, 0.4) is 0 Å². The smallest absolute Gasteiger partial charge is 0.236 e. The molecule has 5 rings (SSSR count). The summed E-state index contributed by atoms with van der Waals surface area (Å²) in [5.74, 6) is 2.40. The van der Waals surface area contributed by atoms with Gasteiger partial charge in [-0.2, -0.15) is 9.36 Å². The monoisotopic (exact) mass is 485 g/mol. The molecule has 2 heterocycles. The summed E-state index contributed by atoms with van der Waals surface area (Å²) in [7, 11) is 0. The molecule has 0 unspecified atom stereocenters. The summed E-state index contributed by atoms with van der Waals surface area (Å²) >= 11 is 1.47. The van der Waals surface area contributed by atoms with Crippen LogP contribution in [0.2, 0.25) is 0 Å². The molecule has 1 N–H and O–H groups in total. The number of aryl methyl sites for hydroxylation is 2. The highest BCUT2D eigenvalue weighted by Crippen LogP contribution is 2.28. The molecule has 0 aliphatic carbocycles. The van der Waals surface area contributed by atoms with E-state index in [0.717, 1.165) is 55.8 Å². The standard InChI is InChI=1S/C28H31N5OS/c1-21-8-6-9-22(2)26(21)32-16-18-33(19-17-32)28-30-27(31-35-28)29-15-14-23-10-7-13-25(20-23)34-24-11-4-3-5-12-24/h3-13,20H,14-19H2,1-2H3,(H,29,31). The van der Waals surface area contributed by atoms with E-state index in [1.807, 2.05) is 42.5 Å². The molecule has 6 nitrogen and oxygen atoms in total. The molecule has 1 aliphatic rings. The zero-order valence-corrected chi connectivity index (χ0v) is 21.1. The van der Waals surface area contributed by atoms with Gasteiger partial charge in [0.2, 0.25) is 11.1 Å². The lowest BCUT2D eigenvalue weighted by Gasteiger charge is -2.37. The summed E-state index contributed by atoms with van der Waals surface area (Å²) in [6.45, 7) is 9.07. The van der Waals surface area contributed by atoms with Gasteiger partial charge in [0.15, 0.2) is 0 Å². The Hall–Kier alpha value is -3.58. The van der Waals surface area contributed by atoms with Gasteiger partial charge in [-0.25, -0.2) is 0 Å². The SMILES string of the molecule is Cc1cccc(C)c1N1CCN(c2nc(NCCc3cccc(Oc4ccccc4)c3)ns2)CC1. The van der Waals surface area contributed by atoms with Crippen molar-refractivity contribution in [2.24, 2.45) is 0 Å². The topological polar surface area (TPSA) is 53.5 Å². The summed E-state index contributed by atoms with van der Waals surface area (Å²) in [6, 6.07) is 24.6. The average molecular weight is 486 g/mol. The van der Waals surface area contributed by atoms with E-state index in [4.69, 9.17) is 9.72 Å². The van der Waals surface area contributed by atoms with Crippen LogP contribution in [0.15, 0.2) is 72.8 Å². The molecule has 0 saturated carbocycles. The van der Waals surface area contributed by atoms with E-state index < -0.39 is 0 Å². The van der Waals surface area contributed by atoms with Gasteiger partial charge in [-0.3, -0.25) is 0 Å². The second kappa shape index (κ2) is 10.8. The molecule has 0 radical (unpaired) electrons. The van der Waals surface area contributed by atoms with E-state index in [-0.39, 0.29) is 0 Å². The molecule has 4 aromatic rings. The van der Waals surface area contributed by atoms with Crippen molar-refractivity contribution in [3.63, 3.8) is 0 Å². The van der Waals surface area contributed by atoms with Crippen molar-refractivity contribution >= 4 is 28.3 Å². The lowest BCUT2D eigenvalue weighted by molar-refractivity contribution is 0.482. The Morgan fingerprint density at radius 3 is 2.29 bits per heavy atom. The maximum absolute atomic E-state index is 5.95. The van der Waals surface area contributed by atoms with Crippen LogP contribution in [0.25, 0.3) is 0 Å². The van der Waals surface area contributed by atoms with Crippen molar-refractivity contribution in [2.75, 3.05) is 47.8 Å². The number of hydrogen-bond acceptors (Lipinski definition) is 7. The predicted octanol–water partition coefficient (Wildman–Crippen LogP) is 5.93. The first kappa shape index (κ1) is 23.2. The van der Waals surface area contributed by atoms with Gasteiger partial charge in [0.25, 0.3) is 0 Å². The Kier molecular flexibility index (Phi) is 7.14. The average Bonchev–Trinajstić information content (AvgIpc) is 3.34. The first-order valence-electron chi connectivity index (χ1n) is 12.1. The van der Waals surface area contributed by atoms with E-state index in [1.54, 1.807) is 0 Å². The summed E-state index contributed by atoms with van der Waals surface area (Å²) in [5.41, 5.74) is 5.28. The van der Waals surface area contributed by atoms with E-state index in [0.29, 0.717) is 5.95 Å². The summed E-state index contributed by atoms with van der Waals surface area (Å²) < 4.78 is 10.5. The van der Waals surface area contributed by atoms with Gasteiger partial charge >= 0.3 is 0 Å². The molecule has 180 valence electrons. The third-order valence-electron chi connectivity index (χ3n) is 6.30. The Morgan fingerprint density at radius 2 is 1.51 bits per heavy atom. The number of hydrogen-bond donors (Lipinski definition) is 1. The summed E-state index contributed by atoms with van der Waals surface area (Å²) in [5, 5.41) is 4.37. The second-order valence-corrected chi connectivity index (χ2v) is 9.58. The zero-order valence-electron chi connectivity index (χ0n) is 20.3. The van der Waals surface area contributed by atoms with Crippen molar-refractivity contribution in [1.82, 2.24) is 9.36 Å². The first-order chi connectivity index (χ1) is 17.2. The van der Waals surface area contributed by atoms with Crippen LogP contribution in [0, 0.1) is 13.8 Å². The highest BCUT2D eigenvalue weighted by molar-refractivity contribution is 7.09. The van der Waals surface area contributed by atoms with E-state index in [2.05, 4.69) is 63.7 Å². The predicted molar refractivity (Wildman–Crippen MR) is 145 cm³/mol. The number of nitrogens with zero attached hydrogens (tertiary/aromatic N) is 4. The van der Waals surface area contributed by atoms with Gasteiger partial charge in [0.1, 0.15) is 11.5 Å². The lowest BCUT2D eigenvalue weighted by Crippen LogP contribution is -2.47. The van der Waals surface area contributed by atoms with Crippen LogP contribution in [0.1, 0.15) is 16.7 Å². The minimum absolute atomic E-state index is 0.707. The molecule has 1 aliphatic heterocycles. The molecular weight excluding hydrogens is 454 g/mol. The van der Waals surface area contributed by atoms with Crippen LogP contribution in [-0.2, 0) is 6.42 Å². The van der Waals surface area contributed by atoms with Crippen LogP contribution >= 0.6 is 11.5 Å². The summed E-state index contributed by atoms with van der Waals surface area (Å²) in [4.78, 5) is 9.59. The fraction of sp³-hybridized carbons (Fsp3) is 0.286. The minimum atomic E-state index is 0.707. The fourth-order valence-corrected chi connectivity index (χ4v) is 5.25. The van der Waals surface area contributed by atoms with E-state index in [9.17, 15) is 0 Å². The number of aromatic nitrogens is 2. The Labute approximate surface area is 211 Å². The second-order valence-electron chi connectivity index (χ2n) is 8.85. The van der Waals surface area contributed by atoms with Crippen LogP contribution < -0.4 is 19.9 Å². The van der Waals surface area contributed by atoms with Gasteiger partial charge < -0.3 is 19.9 Å². The van der Waals surface area contributed by atoms with Crippen molar-refractivity contribution in [1.29, 1.82) is 0 Å². The zero-order chi connectivity index (χ0) is 24.0. The van der Waals surface area contributed by atoms with Crippen LogP contribution in [0.4, 0.5) is 16.8 Å². The maximum atomic E-state index is 5.95. The third kappa shape index (κ3) is 5.74. The Bertz CT molecular complexity index is 1230. The first-order valence-corrected chi connectivity index (χ1v) is 12.9. The summed E-state index contributed by atoms with van der Waals surface area (Å²) in [6.07, 6.45) is 0.870. The number of nitrogens with one attached hydrogen (secondary N) is 1. The van der Waals surface area contributed by atoms with Gasteiger partial charge in [-0.1, -0.05) is 48.5 Å². The molecule has 7 heteroatoms. The largest absolute Gasteiger partial charge is 0.457 e. The fourth-order valence-electron chi connectivity index (χ4n) is 4.55. The van der Waals surface area contributed by atoms with Crippen LogP contribution in [-0.4, -0.2) is 42.1 Å². The highest BCUT2D eigenvalue weighted by atomic mass is 32.1. The van der Waals surface area contributed by atoms with Gasteiger partial charge in [0, 0.05) is 49.9 Å². The molecule has 0 atom stereocenters. The third-order valence-corrected chi connectivity index (χ3v) is 7.07. The van der Waals surface area contributed by atoms with Gasteiger partial charge in [0.05, 0.1) is 0 Å². The van der Waals surface area contributed by atoms with Gasteiger partial charge in [-0.15, -0.1) is 0 Å². The molecular formula is C28H31N5OS. The molecule has 0 spiro atoms. The van der Waals surface area contributed by atoms with E-state index in [1.165, 1.54) is 33.9 Å². The van der Waals surface area contributed by atoms with Crippen molar-refractivity contribution in [3.05, 3.63) is 89.5 Å². The van der Waals surface area contributed by atoms with Crippen molar-refractivity contribution < 1.29 is 4.74 Å². The normalized spacial score (nSPS) is 13.7.